The molecule has 0 radical (unpaired) electrons. The molecule has 2 heterocycles. The minimum absolute atomic E-state index is 0.00677. The Bertz CT molecular complexity index is 411. The second-order valence-corrected chi connectivity index (χ2v) is 6.05. The molecule has 1 atom stereocenters. The van der Waals surface area contributed by atoms with Gasteiger partial charge in [0.15, 0.2) is 0 Å². The topological polar surface area (TPSA) is 87.2 Å². The zero-order valence-electron chi connectivity index (χ0n) is 11.8. The maximum atomic E-state index is 12.0. The highest BCUT2D eigenvalue weighted by atomic mass is 32.2. The lowest BCUT2D eigenvalue weighted by Crippen LogP contribution is -2.43. The van der Waals surface area contributed by atoms with Gasteiger partial charge in [-0.15, -0.1) is 11.8 Å². The number of nitrogens with zero attached hydrogens (tertiary/aromatic N) is 2. The van der Waals surface area contributed by atoms with Crippen LogP contribution in [-0.4, -0.2) is 83.1 Å². The van der Waals surface area contributed by atoms with Crippen molar-refractivity contribution in [3.05, 3.63) is 0 Å². The lowest BCUT2D eigenvalue weighted by Gasteiger charge is -2.27. The molecule has 0 aromatic rings. The van der Waals surface area contributed by atoms with Crippen molar-refractivity contribution in [1.82, 2.24) is 9.80 Å². The first-order chi connectivity index (χ1) is 10.1. The van der Waals surface area contributed by atoms with E-state index in [4.69, 9.17) is 9.84 Å². The molecule has 21 heavy (non-hydrogen) atoms. The predicted molar refractivity (Wildman–Crippen MR) is 77.1 cm³/mol. The molecule has 2 aliphatic heterocycles. The first kappa shape index (κ1) is 16.1. The molecule has 1 N–H and O–H groups in total. The second kappa shape index (κ2) is 7.65. The largest absolute Gasteiger partial charge is 0.480 e. The summed E-state index contributed by atoms with van der Waals surface area (Å²) in [7, 11) is 0. The summed E-state index contributed by atoms with van der Waals surface area (Å²) < 4.78 is 5.18. The maximum absolute atomic E-state index is 12.0. The van der Waals surface area contributed by atoms with E-state index >= 15 is 0 Å². The van der Waals surface area contributed by atoms with Gasteiger partial charge in [0, 0.05) is 19.6 Å². The van der Waals surface area contributed by atoms with Gasteiger partial charge in [0.2, 0.25) is 11.8 Å². The third-order valence-electron chi connectivity index (χ3n) is 3.67. The number of hydrogen-bond acceptors (Lipinski definition) is 5. The Morgan fingerprint density at radius 2 is 1.76 bits per heavy atom. The number of carbonyl (C=O) groups excluding carboxylic acids is 2. The van der Waals surface area contributed by atoms with Gasteiger partial charge in [-0.2, -0.15) is 0 Å². The van der Waals surface area contributed by atoms with Crippen molar-refractivity contribution >= 4 is 29.5 Å². The number of amides is 2. The number of ether oxygens (including phenoxy) is 1. The molecule has 7 nitrogen and oxygen atoms in total. The Kier molecular flexibility index (Phi) is 5.86. The zero-order chi connectivity index (χ0) is 15.2. The van der Waals surface area contributed by atoms with Crippen molar-refractivity contribution in [2.75, 3.05) is 44.4 Å². The number of rotatable bonds is 5. The van der Waals surface area contributed by atoms with E-state index in [1.807, 2.05) is 0 Å². The summed E-state index contributed by atoms with van der Waals surface area (Å²) in [5.41, 5.74) is 0. The lowest BCUT2D eigenvalue weighted by atomic mass is 10.2. The summed E-state index contributed by atoms with van der Waals surface area (Å²) in [5.74, 6) is -0.737. The van der Waals surface area contributed by atoms with Gasteiger partial charge in [-0.25, -0.2) is 4.79 Å². The molecule has 0 saturated carbocycles. The SMILES string of the molecule is O=C(O)[C@@H]1CCCN1C(=O)CSCC(=O)N1CCOCC1. The molecule has 2 fully saturated rings. The Morgan fingerprint density at radius 3 is 2.43 bits per heavy atom. The first-order valence-corrected chi connectivity index (χ1v) is 8.20. The maximum Gasteiger partial charge on any atom is 0.326 e. The number of hydrogen-bond donors (Lipinski definition) is 1. The van der Waals surface area contributed by atoms with E-state index in [0.29, 0.717) is 39.3 Å². The Balaban J connectivity index is 1.71. The molecule has 2 aliphatic rings. The van der Waals surface area contributed by atoms with E-state index in [0.717, 1.165) is 6.42 Å². The minimum Gasteiger partial charge on any atom is -0.480 e. The summed E-state index contributed by atoms with van der Waals surface area (Å²) >= 11 is 1.25. The molecular weight excluding hydrogens is 296 g/mol. The molecule has 0 aliphatic carbocycles. The molecule has 2 rings (SSSR count). The molecule has 0 spiro atoms. The van der Waals surface area contributed by atoms with Crippen LogP contribution in [0.5, 0.6) is 0 Å². The summed E-state index contributed by atoms with van der Waals surface area (Å²) in [6.07, 6.45) is 1.23. The molecule has 0 aromatic heterocycles. The van der Waals surface area contributed by atoms with Crippen LogP contribution in [0.2, 0.25) is 0 Å². The molecule has 0 aromatic carbocycles. The smallest absolute Gasteiger partial charge is 0.326 e. The molecular formula is C13H20N2O5S. The van der Waals surface area contributed by atoms with E-state index in [1.54, 1.807) is 4.90 Å². The van der Waals surface area contributed by atoms with Gasteiger partial charge in [-0.3, -0.25) is 9.59 Å². The predicted octanol–water partition coefficient (Wildman–Crippen LogP) is -0.346. The van der Waals surface area contributed by atoms with Crippen LogP contribution in [0.15, 0.2) is 0 Å². The Morgan fingerprint density at radius 1 is 1.10 bits per heavy atom. The fraction of sp³-hybridized carbons (Fsp3) is 0.769. The van der Waals surface area contributed by atoms with E-state index in [2.05, 4.69) is 0 Å². The van der Waals surface area contributed by atoms with Gasteiger partial charge in [-0.1, -0.05) is 0 Å². The van der Waals surface area contributed by atoms with Crippen molar-refractivity contribution in [2.45, 2.75) is 18.9 Å². The highest BCUT2D eigenvalue weighted by Gasteiger charge is 2.33. The molecule has 2 saturated heterocycles. The zero-order valence-corrected chi connectivity index (χ0v) is 12.6. The quantitative estimate of drug-likeness (QED) is 0.746. The normalized spacial score (nSPS) is 22.4. The van der Waals surface area contributed by atoms with E-state index in [9.17, 15) is 14.4 Å². The first-order valence-electron chi connectivity index (χ1n) is 7.05. The number of aliphatic carboxylic acids is 1. The molecule has 0 bridgehead atoms. The fourth-order valence-electron chi connectivity index (χ4n) is 2.53. The van der Waals surface area contributed by atoms with Crippen LogP contribution in [0, 0.1) is 0 Å². The molecule has 2 amide bonds. The van der Waals surface area contributed by atoms with Crippen LogP contribution in [0.25, 0.3) is 0 Å². The summed E-state index contributed by atoms with van der Waals surface area (Å²) in [4.78, 5) is 38.1. The van der Waals surface area contributed by atoms with Crippen molar-refractivity contribution in [3.63, 3.8) is 0 Å². The monoisotopic (exact) mass is 316 g/mol. The number of carboxylic acids is 1. The average Bonchev–Trinajstić information content (AvgIpc) is 2.97. The Labute approximate surface area is 127 Å². The lowest BCUT2D eigenvalue weighted by molar-refractivity contribution is -0.147. The second-order valence-electron chi connectivity index (χ2n) is 5.07. The number of carbonyl (C=O) groups is 3. The molecule has 118 valence electrons. The van der Waals surface area contributed by atoms with Crippen LogP contribution in [0.3, 0.4) is 0 Å². The number of carboxylic acid groups (broad SMARTS) is 1. The van der Waals surface area contributed by atoms with Crippen LogP contribution < -0.4 is 0 Å². The van der Waals surface area contributed by atoms with Crippen molar-refractivity contribution < 1.29 is 24.2 Å². The minimum atomic E-state index is -0.949. The third-order valence-corrected chi connectivity index (χ3v) is 4.58. The molecule has 8 heteroatoms. The van der Waals surface area contributed by atoms with E-state index in [1.165, 1.54) is 16.7 Å². The van der Waals surface area contributed by atoms with Crippen molar-refractivity contribution in [2.24, 2.45) is 0 Å². The van der Waals surface area contributed by atoms with E-state index in [-0.39, 0.29) is 23.3 Å². The number of morpholine rings is 1. The van der Waals surface area contributed by atoms with Crippen LogP contribution in [-0.2, 0) is 19.1 Å². The van der Waals surface area contributed by atoms with Crippen molar-refractivity contribution in [1.29, 1.82) is 0 Å². The van der Waals surface area contributed by atoms with Gasteiger partial charge in [0.25, 0.3) is 0 Å². The highest BCUT2D eigenvalue weighted by molar-refractivity contribution is 8.00. The van der Waals surface area contributed by atoms with Gasteiger partial charge >= 0.3 is 5.97 Å². The summed E-state index contributed by atoms with van der Waals surface area (Å²) in [6, 6.07) is -0.701. The molecule has 0 unspecified atom stereocenters. The van der Waals surface area contributed by atoms with Crippen molar-refractivity contribution in [3.8, 4) is 0 Å². The third kappa shape index (κ3) is 4.34. The van der Waals surface area contributed by atoms with Crippen LogP contribution in [0.1, 0.15) is 12.8 Å². The average molecular weight is 316 g/mol. The van der Waals surface area contributed by atoms with Crippen LogP contribution in [0.4, 0.5) is 0 Å². The van der Waals surface area contributed by atoms with Gasteiger partial charge < -0.3 is 19.6 Å². The summed E-state index contributed by atoms with van der Waals surface area (Å²) in [5, 5.41) is 9.04. The Hall–Kier alpha value is -1.28. The van der Waals surface area contributed by atoms with Crippen LogP contribution >= 0.6 is 11.8 Å². The van der Waals surface area contributed by atoms with Gasteiger partial charge in [0.05, 0.1) is 24.7 Å². The number of likely N-dealkylation sites (tertiary alicyclic amines) is 1. The standard InChI is InChI=1S/C13H20N2O5S/c16-11(14-4-6-20-7-5-14)8-21-9-12(17)15-3-1-2-10(15)13(18)19/h10H,1-9H2,(H,18,19)/t10-/m0/s1. The highest BCUT2D eigenvalue weighted by Crippen LogP contribution is 2.19. The summed E-state index contributed by atoms with van der Waals surface area (Å²) in [6.45, 7) is 2.81. The van der Waals surface area contributed by atoms with Gasteiger partial charge in [0.1, 0.15) is 6.04 Å². The van der Waals surface area contributed by atoms with E-state index < -0.39 is 12.0 Å². The van der Waals surface area contributed by atoms with Gasteiger partial charge in [-0.05, 0) is 12.8 Å². The fourth-order valence-corrected chi connectivity index (χ4v) is 3.33. The number of thioether (sulfide) groups is 1.